The molecule has 0 bridgehead atoms. The first-order valence-corrected chi connectivity index (χ1v) is 16.5. The van der Waals surface area contributed by atoms with Gasteiger partial charge < -0.3 is 0 Å². The Morgan fingerprint density at radius 2 is 0.860 bits per heavy atom. The second-order valence-electron chi connectivity index (χ2n) is 12.4. The van der Waals surface area contributed by atoms with Crippen LogP contribution in [0.2, 0.25) is 0 Å². The average Bonchev–Trinajstić information content (AvgIpc) is 3.19. The van der Waals surface area contributed by atoms with E-state index in [1.54, 1.807) is 0 Å². The summed E-state index contributed by atoms with van der Waals surface area (Å²) in [4.78, 5) is 29.0. The third-order valence-corrected chi connectivity index (χ3v) is 9.34. The summed E-state index contributed by atoms with van der Waals surface area (Å²) >= 11 is 0. The first-order chi connectivity index (χ1) is 24.7. The number of nitrogens with zero attached hydrogens (tertiary/aromatic N) is 6. The summed E-state index contributed by atoms with van der Waals surface area (Å²) in [5.74, 6) is 0.617. The highest BCUT2D eigenvalue weighted by atomic mass is 14.9. The van der Waals surface area contributed by atoms with Crippen molar-refractivity contribution in [2.75, 3.05) is 0 Å². The van der Waals surface area contributed by atoms with E-state index < -0.39 is 0 Å². The number of hydrogen-bond acceptors (Lipinski definition) is 6. The van der Waals surface area contributed by atoms with Gasteiger partial charge in [-0.15, -0.1) is 0 Å². The van der Waals surface area contributed by atoms with Gasteiger partial charge in [0.25, 0.3) is 0 Å². The van der Waals surface area contributed by atoms with E-state index >= 15 is 0 Å². The minimum absolute atomic E-state index is 0.617. The van der Waals surface area contributed by atoms with Gasteiger partial charge in [0.15, 0.2) is 5.82 Å². The predicted octanol–water partition coefficient (Wildman–Crippen LogP) is 10.5. The summed E-state index contributed by atoms with van der Waals surface area (Å²) in [6.45, 7) is 0. The van der Waals surface area contributed by atoms with Crippen LogP contribution in [0.5, 0.6) is 0 Å². The molecule has 6 nitrogen and oxygen atoms in total. The topological polar surface area (TPSA) is 77.3 Å². The number of para-hydroxylation sites is 1. The van der Waals surface area contributed by atoms with Crippen LogP contribution >= 0.6 is 0 Å². The molecule has 0 atom stereocenters. The highest BCUT2D eigenvalue weighted by molar-refractivity contribution is 6.03. The predicted molar refractivity (Wildman–Crippen MR) is 202 cm³/mol. The molecule has 5 heterocycles. The number of hydrogen-bond donors (Lipinski definition) is 0. The standard InChI is InChI=1S/C44H26N6/c1-2-6-36-35(4-1)26-46-44(50-36)39-22-18-30-12-16-34(25-41(30)48-39)33-15-11-29-17-20-37(47-40(29)24-33)27-7-9-28(10-8-27)38-21-19-32-14-13-31-5-3-23-45-42(31)43(32)49-38/h1-26H. The van der Waals surface area contributed by atoms with Crippen LogP contribution in [0.15, 0.2) is 158 Å². The van der Waals surface area contributed by atoms with Crippen molar-refractivity contribution in [2.45, 2.75) is 0 Å². The zero-order chi connectivity index (χ0) is 33.0. The SMILES string of the molecule is c1ccc2nc(-c3ccc4ccc(-c5ccc6ccc(-c7ccc(-c8ccc9ccc%10cccnc%10c9n8)cc7)nc6c5)cc4n3)ncc2c1. The Morgan fingerprint density at radius 3 is 1.60 bits per heavy atom. The lowest BCUT2D eigenvalue weighted by molar-refractivity contribution is 1.19. The minimum atomic E-state index is 0.617. The van der Waals surface area contributed by atoms with E-state index in [9.17, 15) is 0 Å². The van der Waals surface area contributed by atoms with Crippen LogP contribution in [0.4, 0.5) is 0 Å². The van der Waals surface area contributed by atoms with E-state index in [0.29, 0.717) is 5.82 Å². The molecule has 0 spiro atoms. The highest BCUT2D eigenvalue weighted by Gasteiger charge is 2.11. The first-order valence-electron chi connectivity index (χ1n) is 16.5. The molecule has 0 amide bonds. The van der Waals surface area contributed by atoms with Gasteiger partial charge >= 0.3 is 0 Å². The van der Waals surface area contributed by atoms with E-state index in [1.807, 2.05) is 48.8 Å². The first kappa shape index (κ1) is 28.1. The molecule has 5 aromatic heterocycles. The smallest absolute Gasteiger partial charge is 0.178 e. The molecule has 0 aliphatic heterocycles. The van der Waals surface area contributed by atoms with Gasteiger partial charge in [0.1, 0.15) is 5.69 Å². The van der Waals surface area contributed by atoms with Crippen molar-refractivity contribution in [3.63, 3.8) is 0 Å². The van der Waals surface area contributed by atoms with Crippen molar-refractivity contribution in [3.05, 3.63) is 158 Å². The number of benzene rings is 5. The summed E-state index contributed by atoms with van der Waals surface area (Å²) in [5.41, 5.74) is 11.4. The van der Waals surface area contributed by atoms with E-state index in [0.717, 1.165) is 93.9 Å². The molecule has 0 saturated carbocycles. The van der Waals surface area contributed by atoms with E-state index in [2.05, 4.69) is 119 Å². The van der Waals surface area contributed by atoms with Crippen molar-refractivity contribution >= 4 is 54.5 Å². The molecule has 10 aromatic rings. The Balaban J connectivity index is 0.965. The van der Waals surface area contributed by atoms with Crippen molar-refractivity contribution in [3.8, 4) is 45.2 Å². The third-order valence-electron chi connectivity index (χ3n) is 9.34. The molecule has 0 radical (unpaired) electrons. The zero-order valence-corrected chi connectivity index (χ0v) is 26.7. The van der Waals surface area contributed by atoms with Crippen molar-refractivity contribution in [1.82, 2.24) is 29.9 Å². The molecule has 10 rings (SSSR count). The molecule has 232 valence electrons. The fraction of sp³-hybridized carbons (Fsp3) is 0. The van der Waals surface area contributed by atoms with Gasteiger partial charge in [-0.05, 0) is 53.6 Å². The summed E-state index contributed by atoms with van der Waals surface area (Å²) < 4.78 is 0. The fourth-order valence-corrected chi connectivity index (χ4v) is 6.67. The molecule has 50 heavy (non-hydrogen) atoms. The van der Waals surface area contributed by atoms with Gasteiger partial charge in [0, 0.05) is 50.5 Å². The monoisotopic (exact) mass is 638 g/mol. The Morgan fingerprint density at radius 1 is 0.320 bits per heavy atom. The lowest BCUT2D eigenvalue weighted by atomic mass is 10.0. The molecule has 6 heteroatoms. The van der Waals surface area contributed by atoms with Crippen molar-refractivity contribution < 1.29 is 0 Å². The van der Waals surface area contributed by atoms with Gasteiger partial charge in [0.05, 0.1) is 39.0 Å². The van der Waals surface area contributed by atoms with Gasteiger partial charge in [-0.1, -0.05) is 103 Å². The molecular formula is C44H26N6. The van der Waals surface area contributed by atoms with Crippen molar-refractivity contribution in [1.29, 1.82) is 0 Å². The van der Waals surface area contributed by atoms with Crippen LogP contribution in [0, 0.1) is 0 Å². The number of aromatic nitrogens is 6. The minimum Gasteiger partial charge on any atom is -0.254 e. The molecule has 0 aliphatic rings. The maximum Gasteiger partial charge on any atom is 0.178 e. The van der Waals surface area contributed by atoms with Gasteiger partial charge in [-0.25, -0.2) is 24.9 Å². The van der Waals surface area contributed by atoms with Crippen LogP contribution in [-0.4, -0.2) is 29.9 Å². The molecular weight excluding hydrogens is 613 g/mol. The van der Waals surface area contributed by atoms with Crippen LogP contribution in [0.3, 0.4) is 0 Å². The molecule has 0 saturated heterocycles. The summed E-state index contributed by atoms with van der Waals surface area (Å²) in [6.07, 6.45) is 3.67. The third kappa shape index (κ3) is 4.90. The fourth-order valence-electron chi connectivity index (χ4n) is 6.67. The molecule has 0 N–H and O–H groups in total. The normalized spacial score (nSPS) is 11.6. The second-order valence-corrected chi connectivity index (χ2v) is 12.4. The lowest BCUT2D eigenvalue weighted by Gasteiger charge is -2.09. The van der Waals surface area contributed by atoms with Crippen LogP contribution in [0.25, 0.3) is 99.7 Å². The Hall–Kier alpha value is -6.92. The highest BCUT2D eigenvalue weighted by Crippen LogP contribution is 2.31. The van der Waals surface area contributed by atoms with Crippen LogP contribution in [0.1, 0.15) is 0 Å². The van der Waals surface area contributed by atoms with E-state index in [-0.39, 0.29) is 0 Å². The Bertz CT molecular complexity index is 2940. The quantitative estimate of drug-likeness (QED) is 0.179. The average molecular weight is 639 g/mol. The second kappa shape index (κ2) is 11.4. The molecule has 0 fully saturated rings. The van der Waals surface area contributed by atoms with Crippen molar-refractivity contribution in [2.24, 2.45) is 0 Å². The number of pyridine rings is 4. The van der Waals surface area contributed by atoms with Gasteiger partial charge in [0.2, 0.25) is 0 Å². The Labute approximate surface area is 286 Å². The van der Waals surface area contributed by atoms with E-state index in [1.165, 1.54) is 0 Å². The summed E-state index contributed by atoms with van der Waals surface area (Å²) in [5, 5.41) is 5.33. The maximum absolute atomic E-state index is 5.09. The largest absolute Gasteiger partial charge is 0.254 e. The summed E-state index contributed by atoms with van der Waals surface area (Å²) in [7, 11) is 0. The molecule has 0 unspecified atom stereocenters. The summed E-state index contributed by atoms with van der Waals surface area (Å²) in [6, 6.07) is 50.0. The number of rotatable bonds is 4. The van der Waals surface area contributed by atoms with Gasteiger partial charge in [-0.3, -0.25) is 4.98 Å². The van der Waals surface area contributed by atoms with Crippen LogP contribution in [-0.2, 0) is 0 Å². The Kier molecular flexibility index (Phi) is 6.39. The molecule has 5 aromatic carbocycles. The van der Waals surface area contributed by atoms with Crippen LogP contribution < -0.4 is 0 Å². The van der Waals surface area contributed by atoms with Gasteiger partial charge in [-0.2, -0.15) is 0 Å². The lowest BCUT2D eigenvalue weighted by Crippen LogP contribution is -1.93. The zero-order valence-electron chi connectivity index (χ0n) is 26.7. The van der Waals surface area contributed by atoms with E-state index in [4.69, 9.17) is 19.9 Å². The maximum atomic E-state index is 5.09. The molecule has 0 aliphatic carbocycles. The number of fused-ring (bicyclic) bond motifs is 6.